The Bertz CT molecular complexity index is 571. The van der Waals surface area contributed by atoms with E-state index >= 15 is 0 Å². The lowest BCUT2D eigenvalue weighted by Crippen LogP contribution is -2.48. The van der Waals surface area contributed by atoms with E-state index in [9.17, 15) is 14.0 Å². The molecule has 2 rings (SSSR count). The highest BCUT2D eigenvalue weighted by atomic mass is 19.1. The summed E-state index contributed by atoms with van der Waals surface area (Å²) < 4.78 is 13.1. The Morgan fingerprint density at radius 2 is 2.14 bits per heavy atom. The summed E-state index contributed by atoms with van der Waals surface area (Å²) in [5.74, 6) is -1.18. The van der Waals surface area contributed by atoms with Gasteiger partial charge < -0.3 is 10.6 Å². The van der Waals surface area contributed by atoms with Gasteiger partial charge in [0.05, 0.1) is 5.92 Å². The normalized spacial score (nSPS) is 22.5. The van der Waals surface area contributed by atoms with Crippen molar-refractivity contribution in [3.8, 4) is 0 Å². The highest BCUT2D eigenvalue weighted by Crippen LogP contribution is 2.22. The Balaban J connectivity index is 2.06. The number of primary amides is 1. The van der Waals surface area contributed by atoms with Crippen LogP contribution in [0.2, 0.25) is 0 Å². The van der Waals surface area contributed by atoms with Crippen molar-refractivity contribution in [2.24, 2.45) is 11.7 Å². The van der Waals surface area contributed by atoms with Crippen LogP contribution in [0.5, 0.6) is 0 Å². The van der Waals surface area contributed by atoms with Gasteiger partial charge in [-0.1, -0.05) is 12.1 Å². The molecule has 1 aliphatic rings. The summed E-state index contributed by atoms with van der Waals surface area (Å²) in [4.78, 5) is 25.1. The van der Waals surface area contributed by atoms with Gasteiger partial charge in [0.2, 0.25) is 11.8 Å². The standard InChI is InChI=1S/C16H19FN2O2/c1-11-5-7-13(16(18)21)10-19(11)15(20)8-6-12-3-2-4-14(17)9-12/h2-4,6,8-9,11,13H,5,7,10H2,1H3,(H2,18,21)/b8-6+/t11-,13+/m1/s1. The molecule has 0 saturated carbocycles. The first kappa shape index (κ1) is 15.2. The van der Waals surface area contributed by atoms with Crippen LogP contribution in [0.4, 0.5) is 4.39 Å². The van der Waals surface area contributed by atoms with Crippen LogP contribution in [-0.4, -0.2) is 29.3 Å². The number of carbonyl (C=O) groups is 2. The molecule has 1 fully saturated rings. The zero-order valence-corrected chi connectivity index (χ0v) is 12.0. The Hall–Kier alpha value is -2.17. The fraction of sp³-hybridized carbons (Fsp3) is 0.375. The third-order valence-electron chi connectivity index (χ3n) is 3.83. The molecule has 0 spiro atoms. The van der Waals surface area contributed by atoms with Crippen LogP contribution in [0.15, 0.2) is 30.3 Å². The molecule has 1 heterocycles. The van der Waals surface area contributed by atoms with Gasteiger partial charge in [0.1, 0.15) is 5.82 Å². The molecule has 112 valence electrons. The molecule has 5 heteroatoms. The molecule has 1 aliphatic heterocycles. The van der Waals surface area contributed by atoms with Crippen LogP contribution in [0.1, 0.15) is 25.3 Å². The molecule has 4 nitrogen and oxygen atoms in total. The molecule has 21 heavy (non-hydrogen) atoms. The third-order valence-corrected chi connectivity index (χ3v) is 3.83. The van der Waals surface area contributed by atoms with Crippen LogP contribution in [0.3, 0.4) is 0 Å². The van der Waals surface area contributed by atoms with Crippen molar-refractivity contribution in [2.45, 2.75) is 25.8 Å². The fourth-order valence-electron chi connectivity index (χ4n) is 2.52. The summed E-state index contributed by atoms with van der Waals surface area (Å²) in [6.45, 7) is 2.30. The molecule has 0 radical (unpaired) electrons. The van der Waals surface area contributed by atoms with Crippen molar-refractivity contribution >= 4 is 17.9 Å². The molecule has 0 aliphatic carbocycles. The minimum absolute atomic E-state index is 0.0743. The summed E-state index contributed by atoms with van der Waals surface area (Å²) in [5.41, 5.74) is 5.94. The van der Waals surface area contributed by atoms with Crippen molar-refractivity contribution in [1.82, 2.24) is 4.90 Å². The van der Waals surface area contributed by atoms with Gasteiger partial charge in [-0.25, -0.2) is 4.39 Å². The van der Waals surface area contributed by atoms with Gasteiger partial charge in [-0.15, -0.1) is 0 Å². The van der Waals surface area contributed by atoms with Crippen LogP contribution in [0.25, 0.3) is 6.08 Å². The van der Waals surface area contributed by atoms with Crippen LogP contribution < -0.4 is 5.73 Å². The predicted octanol–water partition coefficient (Wildman–Crippen LogP) is 1.95. The van der Waals surface area contributed by atoms with Crippen molar-refractivity contribution in [3.63, 3.8) is 0 Å². The molecule has 2 amide bonds. The summed E-state index contributed by atoms with van der Waals surface area (Å²) >= 11 is 0. The van der Waals surface area contributed by atoms with Gasteiger partial charge >= 0.3 is 0 Å². The number of halogens is 1. The molecular formula is C16H19FN2O2. The second-order valence-electron chi connectivity index (χ2n) is 5.40. The maximum absolute atomic E-state index is 13.1. The molecule has 0 bridgehead atoms. The zero-order valence-electron chi connectivity index (χ0n) is 12.0. The number of hydrogen-bond donors (Lipinski definition) is 1. The lowest BCUT2D eigenvalue weighted by Gasteiger charge is -2.36. The molecule has 1 aromatic carbocycles. The van der Waals surface area contributed by atoms with Gasteiger partial charge in [-0.05, 0) is 43.5 Å². The van der Waals surface area contributed by atoms with Crippen molar-refractivity contribution in [1.29, 1.82) is 0 Å². The first-order valence-corrected chi connectivity index (χ1v) is 7.01. The van der Waals surface area contributed by atoms with E-state index in [1.807, 2.05) is 6.92 Å². The molecular weight excluding hydrogens is 271 g/mol. The minimum Gasteiger partial charge on any atom is -0.369 e. The summed E-state index contributed by atoms with van der Waals surface area (Å²) in [7, 11) is 0. The monoisotopic (exact) mass is 290 g/mol. The van der Waals surface area contributed by atoms with Crippen molar-refractivity contribution in [2.75, 3.05) is 6.54 Å². The number of carbonyl (C=O) groups excluding carboxylic acids is 2. The average Bonchev–Trinajstić information content (AvgIpc) is 2.45. The summed E-state index contributed by atoms with van der Waals surface area (Å²) in [5, 5.41) is 0. The number of benzene rings is 1. The Morgan fingerprint density at radius 1 is 1.38 bits per heavy atom. The van der Waals surface area contributed by atoms with Crippen LogP contribution >= 0.6 is 0 Å². The number of hydrogen-bond acceptors (Lipinski definition) is 2. The van der Waals surface area contributed by atoms with E-state index < -0.39 is 0 Å². The van der Waals surface area contributed by atoms with E-state index in [1.165, 1.54) is 18.2 Å². The lowest BCUT2D eigenvalue weighted by atomic mass is 9.93. The molecule has 2 atom stereocenters. The first-order valence-electron chi connectivity index (χ1n) is 7.01. The molecule has 1 saturated heterocycles. The Morgan fingerprint density at radius 3 is 2.81 bits per heavy atom. The quantitative estimate of drug-likeness (QED) is 0.865. The number of amides is 2. The van der Waals surface area contributed by atoms with Gasteiger partial charge in [-0.3, -0.25) is 9.59 Å². The van der Waals surface area contributed by atoms with Gasteiger partial charge in [0.15, 0.2) is 0 Å². The van der Waals surface area contributed by atoms with E-state index in [-0.39, 0.29) is 29.6 Å². The molecule has 0 aromatic heterocycles. The highest BCUT2D eigenvalue weighted by molar-refractivity contribution is 5.92. The topological polar surface area (TPSA) is 63.4 Å². The van der Waals surface area contributed by atoms with E-state index in [0.717, 1.165) is 6.42 Å². The zero-order chi connectivity index (χ0) is 15.4. The number of rotatable bonds is 3. The third kappa shape index (κ3) is 3.90. The van der Waals surface area contributed by atoms with Crippen molar-refractivity contribution in [3.05, 3.63) is 41.7 Å². The highest BCUT2D eigenvalue weighted by Gasteiger charge is 2.30. The van der Waals surface area contributed by atoms with Crippen LogP contribution in [0, 0.1) is 11.7 Å². The Kier molecular flexibility index (Phi) is 4.73. The van der Waals surface area contributed by atoms with Gasteiger partial charge in [0.25, 0.3) is 0 Å². The SMILES string of the molecule is C[C@@H]1CC[C@H](C(N)=O)CN1C(=O)/C=C/c1cccc(F)c1. The number of nitrogens with two attached hydrogens (primary N) is 1. The average molecular weight is 290 g/mol. The smallest absolute Gasteiger partial charge is 0.246 e. The molecule has 1 aromatic rings. The van der Waals surface area contributed by atoms with Gasteiger partial charge in [0, 0.05) is 18.7 Å². The van der Waals surface area contributed by atoms with E-state index in [4.69, 9.17) is 5.73 Å². The predicted molar refractivity (Wildman–Crippen MR) is 78.5 cm³/mol. The largest absolute Gasteiger partial charge is 0.369 e. The van der Waals surface area contributed by atoms with E-state index in [1.54, 1.807) is 23.1 Å². The first-order chi connectivity index (χ1) is 9.97. The second kappa shape index (κ2) is 6.52. The van der Waals surface area contributed by atoms with Crippen molar-refractivity contribution < 1.29 is 14.0 Å². The maximum Gasteiger partial charge on any atom is 0.246 e. The van der Waals surface area contributed by atoms with Crippen LogP contribution in [-0.2, 0) is 9.59 Å². The lowest BCUT2D eigenvalue weighted by molar-refractivity contribution is -0.133. The summed E-state index contributed by atoms with van der Waals surface area (Å²) in [6, 6.07) is 6.09. The minimum atomic E-state index is -0.367. The maximum atomic E-state index is 13.1. The summed E-state index contributed by atoms with van der Waals surface area (Å²) in [6.07, 6.45) is 4.46. The van der Waals surface area contributed by atoms with E-state index in [0.29, 0.717) is 18.5 Å². The number of piperidine rings is 1. The second-order valence-corrected chi connectivity index (χ2v) is 5.40. The fourth-order valence-corrected chi connectivity index (χ4v) is 2.52. The van der Waals surface area contributed by atoms with Gasteiger partial charge in [-0.2, -0.15) is 0 Å². The number of likely N-dealkylation sites (tertiary alicyclic amines) is 1. The number of nitrogens with zero attached hydrogens (tertiary/aromatic N) is 1. The van der Waals surface area contributed by atoms with E-state index in [2.05, 4.69) is 0 Å². The molecule has 0 unspecified atom stereocenters. The Labute approximate surface area is 123 Å². The molecule has 2 N–H and O–H groups in total.